The fourth-order valence-electron chi connectivity index (χ4n) is 6.76. The third-order valence-electron chi connectivity index (χ3n) is 7.64. The SMILES string of the molecule is NC(=S)C12CC3CC(c4ccccc4)(CC(C1)C3SCC1=CCCC=C1)C2. The highest BCUT2D eigenvalue weighted by Gasteiger charge is 2.62. The molecule has 1 aromatic rings. The van der Waals surface area contributed by atoms with Gasteiger partial charge in [0.2, 0.25) is 0 Å². The Bertz CT molecular complexity index is 778. The van der Waals surface area contributed by atoms with Gasteiger partial charge >= 0.3 is 0 Å². The summed E-state index contributed by atoms with van der Waals surface area (Å²) in [6, 6.07) is 11.2. The van der Waals surface area contributed by atoms with Crippen LogP contribution in [0.1, 0.15) is 50.5 Å². The monoisotopic (exact) mass is 395 g/mol. The summed E-state index contributed by atoms with van der Waals surface area (Å²) in [6.07, 6.45) is 15.8. The summed E-state index contributed by atoms with van der Waals surface area (Å²) in [5.74, 6) is 2.68. The summed E-state index contributed by atoms with van der Waals surface area (Å²) >= 11 is 7.86. The maximum atomic E-state index is 6.37. The molecule has 2 atom stereocenters. The van der Waals surface area contributed by atoms with Crippen molar-refractivity contribution in [1.82, 2.24) is 0 Å². The van der Waals surface area contributed by atoms with Gasteiger partial charge in [0, 0.05) is 16.4 Å². The van der Waals surface area contributed by atoms with Gasteiger partial charge in [0.1, 0.15) is 0 Å². The van der Waals surface area contributed by atoms with Crippen LogP contribution in [0.2, 0.25) is 0 Å². The number of benzene rings is 1. The minimum absolute atomic E-state index is 0.109. The first-order valence-corrected chi connectivity index (χ1v) is 11.9. The molecule has 4 fully saturated rings. The second-order valence-electron chi connectivity index (χ2n) is 9.34. The molecule has 0 heterocycles. The van der Waals surface area contributed by atoms with Crippen LogP contribution >= 0.6 is 24.0 Å². The standard InChI is InChI=1S/C24H29NS2/c25-22(26)24-13-18-11-23(16-24,20-9-5-2-6-10-20)12-19(14-24)21(18)27-15-17-7-3-1-4-8-17/h2-3,5-10,18-19,21H,1,4,11-16H2,(H2,25,26). The molecule has 0 saturated heterocycles. The fourth-order valence-corrected chi connectivity index (χ4v) is 8.53. The highest BCUT2D eigenvalue weighted by Crippen LogP contribution is 2.67. The van der Waals surface area contributed by atoms with E-state index in [2.05, 4.69) is 60.3 Å². The van der Waals surface area contributed by atoms with Crippen LogP contribution in [0.4, 0.5) is 0 Å². The molecule has 142 valence electrons. The summed E-state index contributed by atoms with van der Waals surface area (Å²) in [5.41, 5.74) is 9.84. The van der Waals surface area contributed by atoms with Crippen molar-refractivity contribution < 1.29 is 0 Å². The highest BCUT2D eigenvalue weighted by molar-refractivity contribution is 8.00. The molecule has 1 aromatic carbocycles. The Morgan fingerprint density at radius 2 is 1.81 bits per heavy atom. The van der Waals surface area contributed by atoms with Crippen molar-refractivity contribution in [2.45, 2.75) is 55.6 Å². The van der Waals surface area contributed by atoms with Crippen LogP contribution in [0.15, 0.2) is 54.1 Å². The summed E-state index contributed by atoms with van der Waals surface area (Å²) < 4.78 is 0. The van der Waals surface area contributed by atoms with Gasteiger partial charge in [-0.25, -0.2) is 0 Å². The first-order valence-electron chi connectivity index (χ1n) is 10.4. The smallest absolute Gasteiger partial charge is 0.0790 e. The van der Waals surface area contributed by atoms with E-state index in [9.17, 15) is 0 Å². The largest absolute Gasteiger partial charge is 0.393 e. The maximum Gasteiger partial charge on any atom is 0.0790 e. The van der Waals surface area contributed by atoms with Crippen LogP contribution in [0.25, 0.3) is 0 Å². The van der Waals surface area contributed by atoms with E-state index < -0.39 is 0 Å². The second-order valence-corrected chi connectivity index (χ2v) is 10.9. The Kier molecular flexibility index (Phi) is 4.52. The van der Waals surface area contributed by atoms with Crippen LogP contribution in [-0.2, 0) is 5.41 Å². The van der Waals surface area contributed by atoms with Gasteiger partial charge in [0.15, 0.2) is 0 Å². The van der Waals surface area contributed by atoms with Gasteiger partial charge in [-0.15, -0.1) is 0 Å². The topological polar surface area (TPSA) is 26.0 Å². The predicted molar refractivity (Wildman–Crippen MR) is 120 cm³/mol. The molecule has 2 unspecified atom stereocenters. The zero-order valence-corrected chi connectivity index (χ0v) is 17.5. The zero-order valence-electron chi connectivity index (χ0n) is 15.9. The first-order chi connectivity index (χ1) is 13.1. The molecule has 2 N–H and O–H groups in total. The second kappa shape index (κ2) is 6.77. The quantitative estimate of drug-likeness (QED) is 0.638. The van der Waals surface area contributed by atoms with Gasteiger partial charge in [0.25, 0.3) is 0 Å². The van der Waals surface area contributed by atoms with Gasteiger partial charge in [0.05, 0.1) is 4.99 Å². The van der Waals surface area contributed by atoms with Gasteiger partial charge in [-0.1, -0.05) is 60.8 Å². The lowest BCUT2D eigenvalue weighted by atomic mass is 9.42. The van der Waals surface area contributed by atoms with E-state index in [1.54, 1.807) is 0 Å². The van der Waals surface area contributed by atoms with E-state index in [0.717, 1.165) is 22.1 Å². The number of thioether (sulfide) groups is 1. The van der Waals surface area contributed by atoms with Crippen LogP contribution < -0.4 is 5.73 Å². The Labute approximate surface area is 172 Å². The van der Waals surface area contributed by atoms with Crippen molar-refractivity contribution >= 4 is 29.0 Å². The zero-order chi connectivity index (χ0) is 18.5. The third kappa shape index (κ3) is 3.02. The molecule has 27 heavy (non-hydrogen) atoms. The van der Waals surface area contributed by atoms with E-state index in [4.69, 9.17) is 18.0 Å². The van der Waals surface area contributed by atoms with Gasteiger partial charge < -0.3 is 5.73 Å². The lowest BCUT2D eigenvalue weighted by Gasteiger charge is -2.64. The lowest BCUT2D eigenvalue weighted by Crippen LogP contribution is -2.62. The van der Waals surface area contributed by atoms with Crippen LogP contribution in [-0.4, -0.2) is 16.0 Å². The van der Waals surface area contributed by atoms with Crippen LogP contribution in [0.3, 0.4) is 0 Å². The summed E-state index contributed by atoms with van der Waals surface area (Å²) in [7, 11) is 0. The molecule has 1 nitrogen and oxygen atoms in total. The van der Waals surface area contributed by atoms with E-state index in [0.29, 0.717) is 5.41 Å². The molecule has 0 spiro atoms. The molecule has 4 saturated carbocycles. The highest BCUT2D eigenvalue weighted by atomic mass is 32.2. The van der Waals surface area contributed by atoms with E-state index in [-0.39, 0.29) is 5.41 Å². The van der Waals surface area contributed by atoms with E-state index in [1.165, 1.54) is 61.8 Å². The van der Waals surface area contributed by atoms with Crippen molar-refractivity contribution in [3.8, 4) is 0 Å². The predicted octanol–water partition coefficient (Wildman–Crippen LogP) is 5.80. The molecule has 5 aliphatic rings. The number of allylic oxidation sites excluding steroid dienone is 3. The number of thiocarbonyl (C=S) groups is 1. The molecule has 0 aromatic heterocycles. The average Bonchev–Trinajstić information content (AvgIpc) is 2.68. The Morgan fingerprint density at radius 3 is 2.44 bits per heavy atom. The summed E-state index contributed by atoms with van der Waals surface area (Å²) in [6.45, 7) is 0. The molecular formula is C24H29NS2. The normalized spacial score (nSPS) is 39.4. The maximum absolute atomic E-state index is 6.37. The molecule has 0 aliphatic heterocycles. The molecule has 4 bridgehead atoms. The van der Waals surface area contributed by atoms with Crippen molar-refractivity contribution in [3.63, 3.8) is 0 Å². The fraction of sp³-hybridized carbons (Fsp3) is 0.542. The minimum atomic E-state index is 0.109. The van der Waals surface area contributed by atoms with E-state index in [1.807, 2.05) is 0 Å². The van der Waals surface area contributed by atoms with Crippen LogP contribution in [0, 0.1) is 17.3 Å². The average molecular weight is 396 g/mol. The summed E-state index contributed by atoms with van der Waals surface area (Å²) in [5, 5.41) is 0.779. The van der Waals surface area contributed by atoms with Crippen molar-refractivity contribution in [2.24, 2.45) is 23.0 Å². The lowest BCUT2D eigenvalue weighted by molar-refractivity contribution is -0.0284. The molecule has 6 rings (SSSR count). The molecule has 0 amide bonds. The third-order valence-corrected chi connectivity index (χ3v) is 9.73. The number of hydrogen-bond acceptors (Lipinski definition) is 2. The summed E-state index contributed by atoms with van der Waals surface area (Å²) in [4.78, 5) is 0.790. The van der Waals surface area contributed by atoms with Gasteiger partial charge in [-0.05, 0) is 73.3 Å². The molecule has 0 radical (unpaired) electrons. The van der Waals surface area contributed by atoms with Crippen LogP contribution in [0.5, 0.6) is 0 Å². The molecular weight excluding hydrogens is 366 g/mol. The minimum Gasteiger partial charge on any atom is -0.393 e. The molecule has 5 aliphatic carbocycles. The number of nitrogens with two attached hydrogens (primary N) is 1. The molecule has 3 heteroatoms. The number of hydrogen-bond donors (Lipinski definition) is 1. The Hall–Kier alpha value is -1.06. The van der Waals surface area contributed by atoms with E-state index >= 15 is 0 Å². The first kappa shape index (κ1) is 18.0. The van der Waals surface area contributed by atoms with Gasteiger partial charge in [-0.3, -0.25) is 0 Å². The van der Waals surface area contributed by atoms with Gasteiger partial charge in [-0.2, -0.15) is 11.8 Å². The van der Waals surface area contributed by atoms with Crippen molar-refractivity contribution in [2.75, 3.05) is 5.75 Å². The van der Waals surface area contributed by atoms with Crippen molar-refractivity contribution in [1.29, 1.82) is 0 Å². The van der Waals surface area contributed by atoms with Crippen molar-refractivity contribution in [3.05, 3.63) is 59.7 Å². The Morgan fingerprint density at radius 1 is 1.07 bits per heavy atom. The Balaban J connectivity index is 1.42. The number of rotatable bonds is 5.